The number of hydrogen-bond acceptors (Lipinski definition) is 1. The fourth-order valence-electron chi connectivity index (χ4n) is 6.52. The first-order valence-corrected chi connectivity index (χ1v) is 14.0. The number of fused-ring (bicyclic) bond motifs is 2. The number of halogens is 1. The molecule has 5 heteroatoms. The maximum Gasteiger partial charge on any atom is 0.846 e. The maximum absolute atomic E-state index is 17.1. The predicted octanol–water partition coefficient (Wildman–Crippen LogP) is 8.10. The molecule has 198 valence electrons. The van der Waals surface area contributed by atoms with E-state index in [-0.39, 0.29) is 0 Å². The van der Waals surface area contributed by atoms with Crippen LogP contribution in [0.3, 0.4) is 0 Å². The van der Waals surface area contributed by atoms with Crippen LogP contribution in [0.4, 0.5) is 4.32 Å². The Labute approximate surface area is 240 Å². The van der Waals surface area contributed by atoms with Crippen molar-refractivity contribution in [3.8, 4) is 22.4 Å². The van der Waals surface area contributed by atoms with Crippen molar-refractivity contribution in [1.29, 1.82) is 0 Å². The Balaban J connectivity index is 1.50. The van der Waals surface area contributed by atoms with Crippen LogP contribution in [0.25, 0.3) is 28.0 Å². The molecule has 2 aromatic heterocycles. The molecule has 0 N–H and O–H groups in total. The lowest BCUT2D eigenvalue weighted by molar-refractivity contribution is -0.334. The number of pyridine rings is 1. The summed E-state index contributed by atoms with van der Waals surface area (Å²) in [5.41, 5.74) is 14.5. The SMILES string of the molecule is Cc1cccc(C)c1C1=[N+]2B(F)n3c(ccc3-c3c(C)cccc3C)C(c3ccc(-c4ccncc4)cc3)=C2C=C1. The first kappa shape index (κ1) is 25.2. The molecule has 0 aliphatic carbocycles. The second-order valence-electron chi connectivity index (χ2n) is 11.0. The number of hydrogen-bond donors (Lipinski definition) is 0. The fraction of sp³-hybridized carbons (Fsp3) is 0.111. The van der Waals surface area contributed by atoms with Crippen molar-refractivity contribution in [2.75, 3.05) is 0 Å². The average molecular weight is 534 g/mol. The molecule has 0 bridgehead atoms. The van der Waals surface area contributed by atoms with Crippen LogP contribution >= 0.6 is 0 Å². The van der Waals surface area contributed by atoms with Crippen LogP contribution in [0.15, 0.2) is 115 Å². The van der Waals surface area contributed by atoms with Gasteiger partial charge in [0.2, 0.25) is 0 Å². The summed E-state index contributed by atoms with van der Waals surface area (Å²) in [5, 5.41) is 0. The van der Waals surface area contributed by atoms with E-state index in [2.05, 4.69) is 118 Å². The minimum absolute atomic E-state index is 0.880. The molecule has 0 spiro atoms. The third-order valence-electron chi connectivity index (χ3n) is 8.44. The van der Waals surface area contributed by atoms with E-state index in [0.29, 0.717) is 0 Å². The molecule has 4 heterocycles. The summed E-state index contributed by atoms with van der Waals surface area (Å²) in [7, 11) is -1.40. The predicted molar refractivity (Wildman–Crippen MR) is 167 cm³/mol. The van der Waals surface area contributed by atoms with Crippen LogP contribution < -0.4 is 0 Å². The Morgan fingerprint density at radius 3 is 1.78 bits per heavy atom. The zero-order valence-electron chi connectivity index (χ0n) is 23.7. The highest BCUT2D eigenvalue weighted by Gasteiger charge is 2.51. The van der Waals surface area contributed by atoms with E-state index < -0.39 is 7.26 Å². The highest BCUT2D eigenvalue weighted by Crippen LogP contribution is 2.41. The monoisotopic (exact) mass is 534 g/mol. The van der Waals surface area contributed by atoms with Gasteiger partial charge in [-0.1, -0.05) is 60.7 Å². The number of allylic oxidation sites excluding steroid dienone is 2. The van der Waals surface area contributed by atoms with E-state index in [1.807, 2.05) is 33.5 Å². The lowest BCUT2D eigenvalue weighted by Crippen LogP contribution is -2.41. The summed E-state index contributed by atoms with van der Waals surface area (Å²) in [6.45, 7) is 8.40. The van der Waals surface area contributed by atoms with Crippen molar-refractivity contribution >= 4 is 18.5 Å². The summed E-state index contributed by atoms with van der Waals surface area (Å²) < 4.78 is 20.9. The van der Waals surface area contributed by atoms with Gasteiger partial charge in [0.05, 0.1) is 11.3 Å². The molecule has 0 saturated carbocycles. The molecule has 3 aromatic carbocycles. The van der Waals surface area contributed by atoms with Crippen molar-refractivity contribution in [3.05, 3.63) is 154 Å². The largest absolute Gasteiger partial charge is 0.846 e. The lowest BCUT2D eigenvalue weighted by Gasteiger charge is -2.22. The summed E-state index contributed by atoms with van der Waals surface area (Å²) in [4.78, 5) is 4.15. The molecule has 0 amide bonds. The number of benzene rings is 3. The van der Waals surface area contributed by atoms with E-state index >= 15 is 4.32 Å². The van der Waals surface area contributed by atoms with E-state index in [1.165, 1.54) is 0 Å². The van der Waals surface area contributed by atoms with Crippen LogP contribution in [0, 0.1) is 27.7 Å². The molecule has 2 aliphatic heterocycles. The lowest BCUT2D eigenvalue weighted by atomic mass is 9.87. The van der Waals surface area contributed by atoms with Gasteiger partial charge >= 0.3 is 7.26 Å². The quantitative estimate of drug-likeness (QED) is 0.214. The van der Waals surface area contributed by atoms with E-state index in [4.69, 9.17) is 0 Å². The van der Waals surface area contributed by atoms with Gasteiger partial charge in [0.25, 0.3) is 0 Å². The zero-order chi connectivity index (χ0) is 28.2. The summed E-state index contributed by atoms with van der Waals surface area (Å²) in [6, 6.07) is 29.3. The molecule has 0 radical (unpaired) electrons. The Morgan fingerprint density at radius 2 is 1.15 bits per heavy atom. The van der Waals surface area contributed by atoms with Crippen LogP contribution in [0.2, 0.25) is 0 Å². The molecule has 5 aromatic rings. The number of aromatic nitrogens is 2. The summed E-state index contributed by atoms with van der Waals surface area (Å²) in [6.07, 6.45) is 7.78. The van der Waals surface area contributed by atoms with Gasteiger partial charge in [0.1, 0.15) is 0 Å². The molecular weight excluding hydrogens is 504 g/mol. The van der Waals surface area contributed by atoms with Crippen molar-refractivity contribution < 1.29 is 8.80 Å². The van der Waals surface area contributed by atoms with Gasteiger partial charge in [-0.2, -0.15) is 0 Å². The number of nitrogens with zero attached hydrogens (tertiary/aromatic N) is 3. The van der Waals surface area contributed by atoms with Crippen molar-refractivity contribution in [1.82, 2.24) is 9.46 Å². The molecule has 0 saturated heterocycles. The van der Waals surface area contributed by atoms with Gasteiger partial charge in [-0.05, 0) is 90.9 Å². The van der Waals surface area contributed by atoms with E-state index in [1.54, 1.807) is 0 Å². The van der Waals surface area contributed by atoms with E-state index in [0.717, 1.165) is 78.4 Å². The second kappa shape index (κ2) is 9.70. The van der Waals surface area contributed by atoms with Gasteiger partial charge in [-0.3, -0.25) is 9.46 Å². The minimum Gasteiger partial charge on any atom is -0.285 e. The Hall–Kier alpha value is -4.77. The van der Waals surface area contributed by atoms with Crippen LogP contribution in [-0.2, 0) is 0 Å². The van der Waals surface area contributed by atoms with Gasteiger partial charge in [0, 0.05) is 41.4 Å². The molecule has 2 aliphatic rings. The first-order valence-electron chi connectivity index (χ1n) is 14.0. The highest BCUT2D eigenvalue weighted by molar-refractivity contribution is 6.45. The summed E-state index contributed by atoms with van der Waals surface area (Å²) in [5.74, 6) is 0. The zero-order valence-corrected chi connectivity index (χ0v) is 23.7. The standard InChI is InChI=1S/C36H30BFN3/c1-23-7-5-8-24(2)34(23)30-15-17-32-36(29-13-11-27(12-14-29)28-19-21-39-22-20-28)33-18-16-31(41(33)37(38)40(30)32)35-25(3)9-6-10-26(35)4/h5-22H,1-4H3/q+1. The van der Waals surface area contributed by atoms with Crippen LogP contribution in [0.5, 0.6) is 0 Å². The Bertz CT molecular complexity index is 1890. The van der Waals surface area contributed by atoms with Crippen LogP contribution in [-0.4, -0.2) is 26.9 Å². The minimum atomic E-state index is -1.40. The molecule has 41 heavy (non-hydrogen) atoms. The fourth-order valence-corrected chi connectivity index (χ4v) is 6.52. The third kappa shape index (κ3) is 3.95. The molecular formula is C36H30BFN3+. The second-order valence-corrected chi connectivity index (χ2v) is 11.0. The van der Waals surface area contributed by atoms with Crippen LogP contribution in [0.1, 0.15) is 39.1 Å². The third-order valence-corrected chi connectivity index (χ3v) is 8.44. The summed E-state index contributed by atoms with van der Waals surface area (Å²) >= 11 is 0. The van der Waals surface area contributed by atoms with E-state index in [9.17, 15) is 0 Å². The average Bonchev–Trinajstić information content (AvgIpc) is 3.60. The Kier molecular flexibility index (Phi) is 5.97. The molecule has 3 nitrogen and oxygen atoms in total. The Morgan fingerprint density at radius 1 is 0.610 bits per heavy atom. The van der Waals surface area contributed by atoms with Gasteiger partial charge in [-0.25, -0.2) is 8.80 Å². The normalized spacial score (nSPS) is 14.1. The van der Waals surface area contributed by atoms with Crippen molar-refractivity contribution in [3.63, 3.8) is 0 Å². The van der Waals surface area contributed by atoms with Crippen molar-refractivity contribution in [2.24, 2.45) is 0 Å². The molecule has 0 fully saturated rings. The smallest absolute Gasteiger partial charge is 0.285 e. The molecule has 7 rings (SSSR count). The van der Waals surface area contributed by atoms with Gasteiger partial charge in [-0.15, -0.1) is 0 Å². The molecule has 0 unspecified atom stereocenters. The maximum atomic E-state index is 17.1. The van der Waals surface area contributed by atoms with Gasteiger partial charge < -0.3 is 0 Å². The first-order chi connectivity index (χ1) is 19.9. The molecule has 0 atom stereocenters. The highest BCUT2D eigenvalue weighted by atomic mass is 19.1. The van der Waals surface area contributed by atoms with Crippen molar-refractivity contribution in [2.45, 2.75) is 27.7 Å². The number of rotatable bonds is 4. The number of aryl methyl sites for hydroxylation is 4. The topological polar surface area (TPSA) is 20.8 Å². The van der Waals surface area contributed by atoms with Gasteiger partial charge in [0.15, 0.2) is 11.4 Å².